The number of rotatable bonds is 3. The molecule has 1 aliphatic carbocycles. The topological polar surface area (TPSA) is 46.5 Å². The van der Waals surface area contributed by atoms with Crippen molar-refractivity contribution in [1.29, 1.82) is 0 Å². The van der Waals surface area contributed by atoms with Crippen molar-refractivity contribution in [2.75, 3.05) is 6.61 Å². The van der Waals surface area contributed by atoms with E-state index in [1.54, 1.807) is 0 Å². The number of carboxylic acid groups (broad SMARTS) is 1. The molecule has 92 valence electrons. The van der Waals surface area contributed by atoms with Crippen LogP contribution in [0.4, 0.5) is 0 Å². The van der Waals surface area contributed by atoms with E-state index in [9.17, 15) is 4.79 Å². The summed E-state index contributed by atoms with van der Waals surface area (Å²) in [5.74, 6) is 0.168. The fraction of sp³-hybridized carbons (Fsp3) is 0.923. The second-order valence-corrected chi connectivity index (χ2v) is 5.57. The van der Waals surface area contributed by atoms with Crippen molar-refractivity contribution in [1.82, 2.24) is 0 Å². The van der Waals surface area contributed by atoms with Gasteiger partial charge in [0, 0.05) is 13.0 Å². The first-order chi connectivity index (χ1) is 7.61. The van der Waals surface area contributed by atoms with Crippen LogP contribution in [0.3, 0.4) is 0 Å². The van der Waals surface area contributed by atoms with Crippen molar-refractivity contribution < 1.29 is 14.6 Å². The monoisotopic (exact) mass is 226 g/mol. The van der Waals surface area contributed by atoms with E-state index in [4.69, 9.17) is 9.84 Å². The number of hydrogen-bond acceptors (Lipinski definition) is 2. The normalized spacial score (nSPS) is 30.4. The van der Waals surface area contributed by atoms with Gasteiger partial charge in [-0.15, -0.1) is 0 Å². The number of ether oxygens (including phenoxy) is 1. The minimum absolute atomic E-state index is 0.121. The molecular weight excluding hydrogens is 204 g/mol. The Morgan fingerprint density at radius 1 is 1.50 bits per heavy atom. The van der Waals surface area contributed by atoms with Gasteiger partial charge in [-0.25, -0.2) is 0 Å². The summed E-state index contributed by atoms with van der Waals surface area (Å²) in [6.45, 7) is 2.90. The van der Waals surface area contributed by atoms with E-state index in [0.29, 0.717) is 18.3 Å². The molecule has 2 rings (SSSR count). The SMILES string of the molecule is CC(CC(=O)O)C1CCOC2(CCCC2)C1. The zero-order chi connectivity index (χ0) is 11.6. The maximum atomic E-state index is 10.7. The lowest BCUT2D eigenvalue weighted by molar-refractivity contribution is -0.140. The average Bonchev–Trinajstić information content (AvgIpc) is 2.65. The van der Waals surface area contributed by atoms with E-state index >= 15 is 0 Å². The highest BCUT2D eigenvalue weighted by Crippen LogP contribution is 2.44. The molecule has 3 nitrogen and oxygen atoms in total. The Hall–Kier alpha value is -0.570. The predicted molar refractivity (Wildman–Crippen MR) is 61.3 cm³/mol. The third kappa shape index (κ3) is 2.57. The molecule has 16 heavy (non-hydrogen) atoms. The van der Waals surface area contributed by atoms with Gasteiger partial charge in [0.15, 0.2) is 0 Å². The molecule has 1 aliphatic heterocycles. The Balaban J connectivity index is 1.93. The van der Waals surface area contributed by atoms with Crippen molar-refractivity contribution in [3.05, 3.63) is 0 Å². The van der Waals surface area contributed by atoms with Gasteiger partial charge in [-0.2, -0.15) is 0 Å². The molecule has 0 aromatic carbocycles. The number of carbonyl (C=O) groups is 1. The zero-order valence-corrected chi connectivity index (χ0v) is 10.1. The van der Waals surface area contributed by atoms with Crippen molar-refractivity contribution >= 4 is 5.97 Å². The van der Waals surface area contributed by atoms with Crippen LogP contribution in [-0.2, 0) is 9.53 Å². The third-order valence-electron chi connectivity index (χ3n) is 4.35. The van der Waals surface area contributed by atoms with E-state index in [0.717, 1.165) is 19.4 Å². The van der Waals surface area contributed by atoms with E-state index in [2.05, 4.69) is 6.92 Å². The van der Waals surface area contributed by atoms with Gasteiger partial charge < -0.3 is 9.84 Å². The fourth-order valence-electron chi connectivity index (χ4n) is 3.36. The third-order valence-corrected chi connectivity index (χ3v) is 4.35. The summed E-state index contributed by atoms with van der Waals surface area (Å²) in [4.78, 5) is 10.7. The van der Waals surface area contributed by atoms with Gasteiger partial charge in [0.25, 0.3) is 0 Å². The summed E-state index contributed by atoms with van der Waals surface area (Å²) in [6.07, 6.45) is 7.35. The van der Waals surface area contributed by atoms with E-state index in [1.807, 2.05) is 0 Å². The molecular formula is C13H22O3. The summed E-state index contributed by atoms with van der Waals surface area (Å²) < 4.78 is 5.96. The van der Waals surface area contributed by atoms with E-state index < -0.39 is 5.97 Å². The Morgan fingerprint density at radius 3 is 2.81 bits per heavy atom. The minimum atomic E-state index is -0.667. The lowest BCUT2D eigenvalue weighted by atomic mass is 9.77. The summed E-state index contributed by atoms with van der Waals surface area (Å²) in [7, 11) is 0. The fourth-order valence-corrected chi connectivity index (χ4v) is 3.36. The zero-order valence-electron chi connectivity index (χ0n) is 10.1. The maximum Gasteiger partial charge on any atom is 0.303 e. The van der Waals surface area contributed by atoms with Crippen molar-refractivity contribution in [2.45, 2.75) is 57.5 Å². The highest BCUT2D eigenvalue weighted by Gasteiger charge is 2.41. The van der Waals surface area contributed by atoms with Crippen LogP contribution in [-0.4, -0.2) is 23.3 Å². The highest BCUT2D eigenvalue weighted by atomic mass is 16.5. The first-order valence-corrected chi connectivity index (χ1v) is 6.47. The summed E-state index contributed by atoms with van der Waals surface area (Å²) in [5.41, 5.74) is 0.121. The Bertz CT molecular complexity index is 256. The van der Waals surface area contributed by atoms with Gasteiger partial charge in [0.1, 0.15) is 0 Å². The van der Waals surface area contributed by atoms with Crippen LogP contribution >= 0.6 is 0 Å². The molecule has 2 fully saturated rings. The second kappa shape index (κ2) is 4.74. The minimum Gasteiger partial charge on any atom is -0.481 e. The summed E-state index contributed by atoms with van der Waals surface area (Å²) >= 11 is 0. The molecule has 3 heteroatoms. The van der Waals surface area contributed by atoms with Crippen LogP contribution in [0.25, 0.3) is 0 Å². The smallest absolute Gasteiger partial charge is 0.303 e. The van der Waals surface area contributed by atoms with Crippen LogP contribution in [0.15, 0.2) is 0 Å². The summed E-state index contributed by atoms with van der Waals surface area (Å²) in [5, 5.41) is 8.84. The molecule has 1 N–H and O–H groups in total. The van der Waals surface area contributed by atoms with Crippen molar-refractivity contribution in [3.8, 4) is 0 Å². The Morgan fingerprint density at radius 2 is 2.19 bits per heavy atom. The molecule has 2 atom stereocenters. The molecule has 0 bridgehead atoms. The van der Waals surface area contributed by atoms with E-state index in [-0.39, 0.29) is 5.60 Å². The van der Waals surface area contributed by atoms with Crippen molar-refractivity contribution in [3.63, 3.8) is 0 Å². The molecule has 2 unspecified atom stereocenters. The summed E-state index contributed by atoms with van der Waals surface area (Å²) in [6, 6.07) is 0. The van der Waals surface area contributed by atoms with Crippen LogP contribution in [0, 0.1) is 11.8 Å². The van der Waals surface area contributed by atoms with Gasteiger partial charge in [-0.1, -0.05) is 19.8 Å². The van der Waals surface area contributed by atoms with Gasteiger partial charge in [0.05, 0.1) is 5.60 Å². The van der Waals surface area contributed by atoms with Crippen LogP contribution in [0.1, 0.15) is 51.9 Å². The predicted octanol–water partition coefficient (Wildman–Crippen LogP) is 2.84. The van der Waals surface area contributed by atoms with Crippen molar-refractivity contribution in [2.24, 2.45) is 11.8 Å². The van der Waals surface area contributed by atoms with Crippen LogP contribution < -0.4 is 0 Å². The molecule has 0 aromatic heterocycles. The molecule has 0 radical (unpaired) electrons. The molecule has 1 spiro atoms. The standard InChI is InChI=1S/C13H22O3/c1-10(8-12(14)15)11-4-7-16-13(9-11)5-2-3-6-13/h10-11H,2-9H2,1H3,(H,14,15). The highest BCUT2D eigenvalue weighted by molar-refractivity contribution is 5.67. The largest absolute Gasteiger partial charge is 0.481 e. The van der Waals surface area contributed by atoms with Gasteiger partial charge in [-0.3, -0.25) is 4.79 Å². The number of aliphatic carboxylic acids is 1. The van der Waals surface area contributed by atoms with Gasteiger partial charge in [0.2, 0.25) is 0 Å². The number of carboxylic acids is 1. The number of hydrogen-bond donors (Lipinski definition) is 1. The average molecular weight is 226 g/mol. The lowest BCUT2D eigenvalue weighted by Gasteiger charge is -2.40. The molecule has 1 heterocycles. The van der Waals surface area contributed by atoms with E-state index in [1.165, 1.54) is 25.7 Å². The Kier molecular flexibility index (Phi) is 3.53. The first-order valence-electron chi connectivity index (χ1n) is 6.47. The van der Waals surface area contributed by atoms with Gasteiger partial charge in [-0.05, 0) is 37.5 Å². The Labute approximate surface area is 97.2 Å². The first kappa shape index (κ1) is 11.9. The van der Waals surface area contributed by atoms with Crippen LogP contribution in [0.5, 0.6) is 0 Å². The second-order valence-electron chi connectivity index (χ2n) is 5.57. The van der Waals surface area contributed by atoms with Crippen LogP contribution in [0.2, 0.25) is 0 Å². The molecule has 1 saturated heterocycles. The lowest BCUT2D eigenvalue weighted by Crippen LogP contribution is -2.39. The maximum absolute atomic E-state index is 10.7. The van der Waals surface area contributed by atoms with Gasteiger partial charge >= 0.3 is 5.97 Å². The molecule has 1 saturated carbocycles. The quantitative estimate of drug-likeness (QED) is 0.805. The molecule has 2 aliphatic rings. The molecule has 0 amide bonds. The molecule has 0 aromatic rings.